The molecule has 0 fully saturated rings. The second kappa shape index (κ2) is 27.4. The van der Waals surface area contributed by atoms with Crippen molar-refractivity contribution >= 4 is 36.8 Å². The van der Waals surface area contributed by atoms with E-state index >= 15 is 0 Å². The number of nitrogens with zero attached hydrogens (tertiary/aromatic N) is 1. The third kappa shape index (κ3) is 17.8. The molecule has 442 valence electrons. The summed E-state index contributed by atoms with van der Waals surface area (Å²) in [6, 6.07) is 52.4. The molecule has 0 aliphatic carbocycles. The number of nitrogens with one attached hydrogen (secondary N) is 1. The highest BCUT2D eigenvalue weighted by atomic mass is 28.4. The van der Waals surface area contributed by atoms with E-state index in [2.05, 4.69) is 242 Å². The van der Waals surface area contributed by atoms with Gasteiger partial charge >= 0.3 is 0 Å². The van der Waals surface area contributed by atoms with Crippen LogP contribution in [0.4, 0.5) is 0 Å². The number of hydrogen-bond donors (Lipinski definition) is 2. The minimum absolute atomic E-state index is 0.167. The largest absolute Gasteiger partial charge is 0.413 e. The molecule has 8 nitrogen and oxygen atoms in total. The minimum Gasteiger partial charge on any atom is -0.413 e. The summed E-state index contributed by atoms with van der Waals surface area (Å²) < 4.78 is 19.2. The van der Waals surface area contributed by atoms with Crippen molar-refractivity contribution in [3.8, 4) is 33.4 Å². The summed E-state index contributed by atoms with van der Waals surface area (Å²) in [5.74, 6) is -0.457. The molecule has 1 heterocycles. The summed E-state index contributed by atoms with van der Waals surface area (Å²) in [5, 5.41) is 3.88. The second-order valence-corrected chi connectivity index (χ2v) is 41.8. The summed E-state index contributed by atoms with van der Waals surface area (Å²) in [6.07, 6.45) is 0. The maximum absolute atomic E-state index is 12.8. The van der Waals surface area contributed by atoms with Gasteiger partial charge in [-0.1, -0.05) is 182 Å². The van der Waals surface area contributed by atoms with Crippen LogP contribution in [0.25, 0.3) is 33.4 Å². The number of fused-ring (bicyclic) bond motifs is 1. The normalized spacial score (nSPS) is 13.1. The highest BCUT2D eigenvalue weighted by Gasteiger charge is 2.39. The lowest BCUT2D eigenvalue weighted by molar-refractivity contribution is 0.0642. The molecule has 11 heteroatoms. The smallest absolute Gasteiger partial charge is 0.261 e. The summed E-state index contributed by atoms with van der Waals surface area (Å²) in [7, 11) is -3.29. The number of carbonyl (C=O) groups is 2. The van der Waals surface area contributed by atoms with Crippen molar-refractivity contribution in [2.24, 2.45) is 5.73 Å². The summed E-state index contributed by atoms with van der Waals surface area (Å²) in [4.78, 5) is 27.0. The fraction of sp³-hybridized carbons (Fsp3) is 0.389. The molecule has 0 saturated heterocycles. The maximum Gasteiger partial charge on any atom is 0.261 e. The van der Waals surface area contributed by atoms with Crippen LogP contribution < -0.4 is 11.1 Å². The molecule has 8 rings (SSSR count). The maximum atomic E-state index is 12.8. The van der Waals surface area contributed by atoms with Crippen LogP contribution in [0.15, 0.2) is 152 Å². The van der Waals surface area contributed by atoms with Gasteiger partial charge in [-0.2, -0.15) is 0 Å². The molecule has 0 atom stereocenters. The second-order valence-electron chi connectivity index (χ2n) is 27.3. The van der Waals surface area contributed by atoms with Crippen LogP contribution >= 0.6 is 0 Å². The topological polar surface area (TPSA) is 103 Å². The average Bonchev–Trinajstić information content (AvgIpc) is 3.93. The van der Waals surface area contributed by atoms with Gasteiger partial charge in [-0.05, 0) is 198 Å². The Kier molecular flexibility index (Phi) is 21.9. The van der Waals surface area contributed by atoms with Gasteiger partial charge in [0.15, 0.2) is 25.0 Å². The monoisotopic (exact) mass is 1170 g/mol. The lowest BCUT2D eigenvalue weighted by Gasteiger charge is -2.36. The van der Waals surface area contributed by atoms with Crippen molar-refractivity contribution in [3.05, 3.63) is 213 Å². The Morgan fingerprint density at radius 3 is 1.06 bits per heavy atom. The van der Waals surface area contributed by atoms with Gasteiger partial charge in [0.25, 0.3) is 11.8 Å². The van der Waals surface area contributed by atoms with Gasteiger partial charge in [0.1, 0.15) is 0 Å². The van der Waals surface area contributed by atoms with Crippen molar-refractivity contribution in [2.45, 2.75) is 177 Å². The van der Waals surface area contributed by atoms with Crippen LogP contribution in [0.2, 0.25) is 54.4 Å². The van der Waals surface area contributed by atoms with Crippen molar-refractivity contribution in [2.75, 3.05) is 7.05 Å². The third-order valence-corrected chi connectivity index (χ3v) is 30.7. The standard InChI is InChI=1S/C29H33NO3Si.C22H33NOSi.C21H31NOSi/c1-20-14-22(18-30-27(31)25-12-7-8-13-26(25)28(30)32)17-24(15-20)23-11-9-10-21(16-23)19-33-34(5,6)29(2,3)4;1-17-11-19(15-23-5)14-21(12-17)20-10-8-9-18(13-20)16-24-25(6,7)22(2,3)4;1-16-10-18(14-22)13-20(11-16)19-9-7-8-17(12-19)15-23-24(5,6)21(2,3)4/h7-17H,18-19H2,1-6H3;8-14,23H,15-16H2,1-7H3;7-13H,14-15,22H2,1-6H3. The first-order valence-electron chi connectivity index (χ1n) is 29.5. The summed E-state index contributed by atoms with van der Waals surface area (Å²) in [6.45, 7) is 44.2. The zero-order chi connectivity index (χ0) is 61.3. The minimum atomic E-state index is -1.83. The zero-order valence-electron chi connectivity index (χ0n) is 53.7. The van der Waals surface area contributed by atoms with Crippen molar-refractivity contribution in [1.82, 2.24) is 10.2 Å². The first-order chi connectivity index (χ1) is 38.7. The van der Waals surface area contributed by atoms with Gasteiger partial charge in [-0.3, -0.25) is 14.5 Å². The van der Waals surface area contributed by atoms with Gasteiger partial charge < -0.3 is 24.3 Å². The van der Waals surface area contributed by atoms with Crippen LogP contribution in [0, 0.1) is 20.8 Å². The van der Waals surface area contributed by atoms with Crippen molar-refractivity contribution in [1.29, 1.82) is 0 Å². The molecule has 0 spiro atoms. The van der Waals surface area contributed by atoms with E-state index in [1.165, 1.54) is 60.5 Å². The molecule has 3 N–H and O–H groups in total. The van der Waals surface area contributed by atoms with Crippen LogP contribution in [0.3, 0.4) is 0 Å². The Morgan fingerprint density at radius 2 is 0.723 bits per heavy atom. The molecular weight excluding hydrogens is 1070 g/mol. The Balaban J connectivity index is 0.000000205. The number of carbonyl (C=O) groups excluding carboxylic acids is 2. The quantitative estimate of drug-likeness (QED) is 0.0692. The Morgan fingerprint density at radius 1 is 0.410 bits per heavy atom. The molecule has 0 saturated carbocycles. The number of amides is 2. The first-order valence-corrected chi connectivity index (χ1v) is 38.2. The zero-order valence-corrected chi connectivity index (χ0v) is 56.7. The van der Waals surface area contributed by atoms with Crippen molar-refractivity contribution < 1.29 is 22.9 Å². The lowest BCUT2D eigenvalue weighted by atomic mass is 9.98. The van der Waals surface area contributed by atoms with Crippen LogP contribution in [0.1, 0.15) is 133 Å². The van der Waals surface area contributed by atoms with Crippen LogP contribution in [-0.4, -0.2) is 48.7 Å². The van der Waals surface area contributed by atoms with Gasteiger partial charge in [0, 0.05) is 13.1 Å². The molecule has 0 aromatic heterocycles. The van der Waals surface area contributed by atoms with E-state index in [0.717, 1.165) is 34.4 Å². The summed E-state index contributed by atoms with van der Waals surface area (Å²) >= 11 is 0. The number of hydrogen-bond acceptors (Lipinski definition) is 7. The Labute approximate surface area is 503 Å². The third-order valence-electron chi connectivity index (χ3n) is 17.2. The Bertz CT molecular complexity index is 3330. The predicted molar refractivity (Wildman–Crippen MR) is 357 cm³/mol. The van der Waals surface area contributed by atoms with Crippen LogP contribution in [0.5, 0.6) is 0 Å². The SMILES string of the molecule is CNCc1cc(C)cc(-c2cccc(CO[Si](C)(C)C(C)(C)C)c2)c1.Cc1cc(CN)cc(-c2cccc(CO[Si](C)(C)C(C)(C)C)c2)c1.Cc1cc(CN2C(=O)c3ccccc3C2=O)cc(-c2cccc(CO[Si](C)(C)C(C)(C)C)c2)c1. The fourth-order valence-electron chi connectivity index (χ4n) is 9.13. The number of imide groups is 1. The first kappa shape index (κ1) is 66.3. The highest BCUT2D eigenvalue weighted by molar-refractivity contribution is 6.74. The van der Waals surface area contributed by atoms with E-state index in [1.54, 1.807) is 24.3 Å². The summed E-state index contributed by atoms with van der Waals surface area (Å²) in [5.41, 5.74) is 24.6. The molecule has 83 heavy (non-hydrogen) atoms. The lowest BCUT2D eigenvalue weighted by Crippen LogP contribution is -2.40. The number of rotatable bonds is 17. The molecule has 2 amide bonds. The van der Waals surface area contributed by atoms with Gasteiger partial charge in [0.2, 0.25) is 0 Å². The van der Waals surface area contributed by atoms with Crippen LogP contribution in [-0.2, 0) is 52.7 Å². The average molecular weight is 1170 g/mol. The fourth-order valence-corrected chi connectivity index (χ4v) is 12.0. The van der Waals surface area contributed by atoms with Crippen molar-refractivity contribution in [3.63, 3.8) is 0 Å². The molecule has 7 aromatic rings. The van der Waals surface area contributed by atoms with Gasteiger partial charge in [-0.15, -0.1) is 0 Å². The molecule has 1 aliphatic heterocycles. The van der Waals surface area contributed by atoms with E-state index in [-0.39, 0.29) is 33.5 Å². The van der Waals surface area contributed by atoms with E-state index in [4.69, 9.17) is 19.0 Å². The molecule has 0 bridgehead atoms. The Hall–Kier alpha value is -5.87. The van der Waals surface area contributed by atoms with E-state index in [9.17, 15) is 9.59 Å². The molecule has 1 aliphatic rings. The molecular formula is C72H97N3O5Si3. The van der Waals surface area contributed by atoms with E-state index in [0.29, 0.717) is 37.5 Å². The molecule has 0 unspecified atom stereocenters. The number of nitrogens with two attached hydrogens (primary N) is 1. The molecule has 7 aromatic carbocycles. The number of aryl methyl sites for hydroxylation is 3. The molecule has 0 radical (unpaired) electrons. The van der Waals surface area contributed by atoms with E-state index in [1.807, 2.05) is 20.0 Å². The predicted octanol–water partition coefficient (Wildman–Crippen LogP) is 18.5. The number of benzene rings is 7. The highest BCUT2D eigenvalue weighted by Crippen LogP contribution is 2.40. The van der Waals surface area contributed by atoms with Gasteiger partial charge in [0.05, 0.1) is 37.5 Å². The van der Waals surface area contributed by atoms with Gasteiger partial charge in [-0.25, -0.2) is 0 Å². The van der Waals surface area contributed by atoms with E-state index < -0.39 is 25.0 Å².